The predicted octanol–water partition coefficient (Wildman–Crippen LogP) is 2.04. The lowest BCUT2D eigenvalue weighted by molar-refractivity contribution is -0.141. The Morgan fingerprint density at radius 3 is 2.63 bits per heavy atom. The highest BCUT2D eigenvalue weighted by Crippen LogP contribution is 2.25. The zero-order valence-electron chi connectivity index (χ0n) is 10.6. The van der Waals surface area contributed by atoms with E-state index in [-0.39, 0.29) is 19.0 Å². The number of rotatable bonds is 5. The van der Waals surface area contributed by atoms with E-state index in [2.05, 4.69) is 10.1 Å². The number of carbonyl (C=O) groups excluding carboxylic acids is 2. The average Bonchev–Trinajstić information content (AvgIpc) is 2.33. The minimum atomic E-state index is -0.406. The molecule has 0 atom stereocenters. The summed E-state index contributed by atoms with van der Waals surface area (Å²) in [7, 11) is 2.93. The number of amides is 1. The lowest BCUT2D eigenvalue weighted by atomic mass is 10.3. The maximum Gasteiger partial charge on any atom is 0.319 e. The zero-order valence-corrected chi connectivity index (χ0v) is 12.1. The number of benzene rings is 1. The molecule has 5 nitrogen and oxygen atoms in total. The van der Waals surface area contributed by atoms with Gasteiger partial charge >= 0.3 is 5.97 Å². The molecule has 0 fully saturated rings. The summed E-state index contributed by atoms with van der Waals surface area (Å²) < 4.78 is 4.50. The van der Waals surface area contributed by atoms with E-state index in [0.29, 0.717) is 15.7 Å². The van der Waals surface area contributed by atoms with Gasteiger partial charge in [-0.1, -0.05) is 23.2 Å². The Balaban J connectivity index is 2.55. The Labute approximate surface area is 121 Å². The van der Waals surface area contributed by atoms with Gasteiger partial charge in [0.2, 0.25) is 5.91 Å². The minimum Gasteiger partial charge on any atom is -0.468 e. The van der Waals surface area contributed by atoms with Crippen molar-refractivity contribution >= 4 is 40.8 Å². The highest BCUT2D eigenvalue weighted by molar-refractivity contribution is 6.35. The van der Waals surface area contributed by atoms with Gasteiger partial charge in [-0.3, -0.25) is 14.5 Å². The molecule has 0 aromatic heterocycles. The molecule has 1 aromatic rings. The number of likely N-dealkylation sites (N-methyl/N-ethyl adjacent to an activating group) is 1. The summed E-state index contributed by atoms with van der Waals surface area (Å²) in [6.07, 6.45) is 0. The summed E-state index contributed by atoms with van der Waals surface area (Å²) in [5.74, 6) is -0.702. The molecule has 1 amide bonds. The molecule has 7 heteroatoms. The first-order valence-corrected chi connectivity index (χ1v) is 6.18. The number of carbonyl (C=O) groups is 2. The average molecular weight is 305 g/mol. The Hall–Kier alpha value is -1.30. The molecule has 104 valence electrons. The van der Waals surface area contributed by atoms with Crippen molar-refractivity contribution in [1.29, 1.82) is 0 Å². The molecule has 0 saturated carbocycles. The van der Waals surface area contributed by atoms with E-state index in [9.17, 15) is 9.59 Å². The third-order valence-corrected chi connectivity index (χ3v) is 2.81. The molecule has 1 aromatic carbocycles. The number of methoxy groups -OCH3 is 1. The van der Waals surface area contributed by atoms with Crippen molar-refractivity contribution in [1.82, 2.24) is 4.90 Å². The Bertz CT molecular complexity index is 480. The van der Waals surface area contributed by atoms with E-state index in [1.165, 1.54) is 12.0 Å². The summed E-state index contributed by atoms with van der Waals surface area (Å²) in [6.45, 7) is 0.0745. The van der Waals surface area contributed by atoms with Crippen molar-refractivity contribution in [3.63, 3.8) is 0 Å². The number of ether oxygens (including phenoxy) is 1. The topological polar surface area (TPSA) is 58.6 Å². The van der Waals surface area contributed by atoms with E-state index >= 15 is 0 Å². The molecule has 0 aliphatic heterocycles. The van der Waals surface area contributed by atoms with E-state index < -0.39 is 5.97 Å². The molecule has 0 heterocycles. The summed E-state index contributed by atoms with van der Waals surface area (Å²) in [5.41, 5.74) is 0.436. The van der Waals surface area contributed by atoms with Gasteiger partial charge in [-0.25, -0.2) is 0 Å². The highest BCUT2D eigenvalue weighted by Gasteiger charge is 2.12. The van der Waals surface area contributed by atoms with Crippen LogP contribution in [0.4, 0.5) is 5.69 Å². The molecule has 0 aliphatic rings. The first-order chi connectivity index (χ1) is 8.92. The van der Waals surface area contributed by atoms with Crippen molar-refractivity contribution in [2.75, 3.05) is 32.6 Å². The van der Waals surface area contributed by atoms with Crippen LogP contribution >= 0.6 is 23.2 Å². The molecular weight excluding hydrogens is 291 g/mol. The molecular formula is C12H14Cl2N2O3. The number of nitrogens with one attached hydrogen (secondary N) is 1. The second-order valence-electron chi connectivity index (χ2n) is 3.92. The molecule has 0 spiro atoms. The molecule has 1 rings (SSSR count). The first kappa shape index (κ1) is 15.8. The van der Waals surface area contributed by atoms with Crippen molar-refractivity contribution in [3.05, 3.63) is 28.2 Å². The van der Waals surface area contributed by atoms with E-state index in [1.807, 2.05) is 0 Å². The summed E-state index contributed by atoms with van der Waals surface area (Å²) in [6, 6.07) is 4.78. The number of halogens is 2. The minimum absolute atomic E-state index is 0.0349. The van der Waals surface area contributed by atoms with Crippen molar-refractivity contribution in [2.24, 2.45) is 0 Å². The lowest BCUT2D eigenvalue weighted by Crippen LogP contribution is -2.34. The molecule has 0 radical (unpaired) electrons. The van der Waals surface area contributed by atoms with Crippen LogP contribution in [0.25, 0.3) is 0 Å². The number of esters is 1. The molecule has 0 aliphatic carbocycles. The lowest BCUT2D eigenvalue weighted by Gasteiger charge is -2.15. The number of hydrogen-bond donors (Lipinski definition) is 1. The Morgan fingerprint density at radius 2 is 2.00 bits per heavy atom. The molecule has 19 heavy (non-hydrogen) atoms. The maximum absolute atomic E-state index is 11.7. The standard InChI is InChI=1S/C12H14Cl2N2O3/c1-16(7-12(18)19-2)6-11(17)15-10-5-8(13)3-4-9(10)14/h3-5H,6-7H2,1-2H3,(H,15,17). The van der Waals surface area contributed by atoms with Crippen molar-refractivity contribution in [3.8, 4) is 0 Å². The van der Waals surface area contributed by atoms with E-state index in [0.717, 1.165) is 0 Å². The highest BCUT2D eigenvalue weighted by atomic mass is 35.5. The van der Waals surface area contributed by atoms with Crippen LogP contribution in [0.5, 0.6) is 0 Å². The van der Waals surface area contributed by atoms with Crippen LogP contribution in [-0.2, 0) is 14.3 Å². The quantitative estimate of drug-likeness (QED) is 0.846. The maximum atomic E-state index is 11.7. The monoisotopic (exact) mass is 304 g/mol. The second-order valence-corrected chi connectivity index (χ2v) is 4.76. The summed E-state index contributed by atoms with van der Waals surface area (Å²) in [5, 5.41) is 3.50. The Kier molecular flexibility index (Phi) is 6.08. The third-order valence-electron chi connectivity index (χ3n) is 2.24. The van der Waals surface area contributed by atoms with Gasteiger partial charge in [0.05, 0.1) is 30.9 Å². The van der Waals surface area contributed by atoms with E-state index in [4.69, 9.17) is 23.2 Å². The van der Waals surface area contributed by atoms with Gasteiger partial charge < -0.3 is 10.1 Å². The van der Waals surface area contributed by atoms with Gasteiger partial charge in [0.1, 0.15) is 0 Å². The zero-order chi connectivity index (χ0) is 14.4. The smallest absolute Gasteiger partial charge is 0.319 e. The predicted molar refractivity (Wildman–Crippen MR) is 74.6 cm³/mol. The first-order valence-electron chi connectivity index (χ1n) is 5.42. The van der Waals surface area contributed by atoms with Gasteiger partial charge in [0.15, 0.2) is 0 Å². The van der Waals surface area contributed by atoms with Gasteiger partial charge in [-0.2, -0.15) is 0 Å². The SMILES string of the molecule is COC(=O)CN(C)CC(=O)Nc1cc(Cl)ccc1Cl. The normalized spacial score (nSPS) is 10.4. The van der Waals surface area contributed by atoms with Gasteiger partial charge in [-0.15, -0.1) is 0 Å². The third kappa shape index (κ3) is 5.46. The van der Waals surface area contributed by atoms with Crippen LogP contribution in [0.15, 0.2) is 18.2 Å². The number of nitrogens with zero attached hydrogens (tertiary/aromatic N) is 1. The molecule has 0 unspecified atom stereocenters. The van der Waals surface area contributed by atoms with Crippen LogP contribution in [-0.4, -0.2) is 44.0 Å². The fourth-order valence-electron chi connectivity index (χ4n) is 1.37. The van der Waals surface area contributed by atoms with Crippen LogP contribution in [0.3, 0.4) is 0 Å². The molecule has 0 saturated heterocycles. The van der Waals surface area contributed by atoms with Crippen LogP contribution in [0, 0.1) is 0 Å². The number of hydrogen-bond acceptors (Lipinski definition) is 4. The van der Waals surface area contributed by atoms with Crippen molar-refractivity contribution in [2.45, 2.75) is 0 Å². The summed E-state index contributed by atoms with van der Waals surface area (Å²) >= 11 is 11.7. The number of anilines is 1. The van der Waals surface area contributed by atoms with Gasteiger partial charge in [0, 0.05) is 5.02 Å². The van der Waals surface area contributed by atoms with Crippen LogP contribution in [0.1, 0.15) is 0 Å². The second kappa shape index (κ2) is 7.33. The fourth-order valence-corrected chi connectivity index (χ4v) is 1.71. The van der Waals surface area contributed by atoms with Gasteiger partial charge in [0.25, 0.3) is 0 Å². The van der Waals surface area contributed by atoms with E-state index in [1.54, 1.807) is 25.2 Å². The van der Waals surface area contributed by atoms with Gasteiger partial charge in [-0.05, 0) is 25.2 Å². The largest absolute Gasteiger partial charge is 0.468 e. The molecule has 0 bridgehead atoms. The van der Waals surface area contributed by atoms with Crippen LogP contribution in [0.2, 0.25) is 10.0 Å². The van der Waals surface area contributed by atoms with Crippen molar-refractivity contribution < 1.29 is 14.3 Å². The summed E-state index contributed by atoms with van der Waals surface area (Å²) in [4.78, 5) is 24.3. The molecule has 1 N–H and O–H groups in total. The fraction of sp³-hybridized carbons (Fsp3) is 0.333. The Morgan fingerprint density at radius 1 is 1.32 bits per heavy atom. The van der Waals surface area contributed by atoms with Crippen LogP contribution < -0.4 is 5.32 Å².